The maximum atomic E-state index is 14.4. The van der Waals surface area contributed by atoms with E-state index in [0.717, 1.165) is 37.7 Å². The molecule has 6 atom stereocenters. The van der Waals surface area contributed by atoms with Crippen molar-refractivity contribution in [2.24, 2.45) is 17.8 Å². The molecule has 1 aromatic rings. The first-order valence-electron chi connectivity index (χ1n) is 13.6. The van der Waals surface area contributed by atoms with E-state index in [-0.39, 0.29) is 42.2 Å². The van der Waals surface area contributed by atoms with E-state index in [4.69, 9.17) is 9.84 Å². The van der Waals surface area contributed by atoms with Gasteiger partial charge >= 0.3 is 5.97 Å². The van der Waals surface area contributed by atoms with E-state index >= 15 is 0 Å². The van der Waals surface area contributed by atoms with E-state index in [1.165, 1.54) is 0 Å². The van der Waals surface area contributed by atoms with Crippen molar-refractivity contribution < 1.29 is 24.2 Å². The highest BCUT2D eigenvalue weighted by Gasteiger charge is 2.76. The number of benzene rings is 1. The summed E-state index contributed by atoms with van der Waals surface area (Å²) in [6.45, 7) is 9.52. The topological polar surface area (TPSA) is 87.2 Å². The number of likely N-dealkylation sites (tertiary alicyclic amines) is 1. The number of hydrogen-bond acceptors (Lipinski definition) is 6. The van der Waals surface area contributed by atoms with Crippen LogP contribution < -0.4 is 0 Å². The van der Waals surface area contributed by atoms with Crippen molar-refractivity contribution in [2.45, 2.75) is 68.5 Å². The molecular weight excluding hydrogens is 488 g/mol. The van der Waals surface area contributed by atoms with Crippen molar-refractivity contribution in [1.82, 2.24) is 9.80 Å². The molecule has 1 N–H and O–H groups in total. The summed E-state index contributed by atoms with van der Waals surface area (Å²) in [5, 5.41) is 9.12. The minimum absolute atomic E-state index is 0.00742. The summed E-state index contributed by atoms with van der Waals surface area (Å²) in [7, 11) is 0. The average molecular weight is 529 g/mol. The fourth-order valence-corrected chi connectivity index (χ4v) is 9.06. The van der Waals surface area contributed by atoms with Crippen LogP contribution in [0, 0.1) is 17.8 Å². The Morgan fingerprint density at radius 2 is 1.97 bits per heavy atom. The van der Waals surface area contributed by atoms with Gasteiger partial charge < -0.3 is 19.6 Å². The smallest absolute Gasteiger partial charge is 0.310 e. The van der Waals surface area contributed by atoms with Crippen molar-refractivity contribution in [3.63, 3.8) is 0 Å². The number of aliphatic hydroxyl groups is 1. The van der Waals surface area contributed by atoms with Gasteiger partial charge in [0.25, 0.3) is 0 Å². The van der Waals surface area contributed by atoms with Gasteiger partial charge in [-0.3, -0.25) is 14.4 Å². The van der Waals surface area contributed by atoms with Gasteiger partial charge in [0.05, 0.1) is 23.2 Å². The molecule has 7 nitrogen and oxygen atoms in total. The third-order valence-corrected chi connectivity index (χ3v) is 10.3. The second-order valence-corrected chi connectivity index (χ2v) is 12.0. The van der Waals surface area contributed by atoms with Gasteiger partial charge in [0.1, 0.15) is 6.04 Å². The average Bonchev–Trinajstić information content (AvgIpc) is 3.48. The van der Waals surface area contributed by atoms with Crippen molar-refractivity contribution in [2.75, 3.05) is 26.3 Å². The number of carbonyl (C=O) groups excluding carboxylic acids is 3. The van der Waals surface area contributed by atoms with Crippen molar-refractivity contribution in [3.05, 3.63) is 48.6 Å². The number of ether oxygens (including phenoxy) is 1. The zero-order valence-electron chi connectivity index (χ0n) is 22.0. The molecule has 202 valence electrons. The van der Waals surface area contributed by atoms with E-state index in [9.17, 15) is 14.4 Å². The molecule has 4 rings (SSSR count). The third-order valence-electron chi connectivity index (χ3n) is 8.22. The minimum atomic E-state index is -0.641. The van der Waals surface area contributed by atoms with Crippen LogP contribution in [0.5, 0.6) is 0 Å². The van der Waals surface area contributed by atoms with Crippen LogP contribution >= 0.6 is 11.8 Å². The molecule has 1 spiro atoms. The molecule has 3 saturated heterocycles. The van der Waals surface area contributed by atoms with E-state index in [0.29, 0.717) is 19.6 Å². The first kappa shape index (κ1) is 27.7. The molecule has 3 fully saturated rings. The summed E-state index contributed by atoms with van der Waals surface area (Å²) < 4.78 is 4.79. The molecule has 3 aliphatic rings. The van der Waals surface area contributed by atoms with Crippen LogP contribution in [0.25, 0.3) is 0 Å². The molecule has 37 heavy (non-hydrogen) atoms. The van der Waals surface area contributed by atoms with Crippen LogP contribution in [0.2, 0.25) is 0 Å². The number of carbonyl (C=O) groups is 3. The number of unbranched alkanes of at least 4 members (excludes halogenated alkanes) is 3. The largest absolute Gasteiger partial charge is 0.466 e. The van der Waals surface area contributed by atoms with Gasteiger partial charge in [-0.15, -0.1) is 18.3 Å². The minimum Gasteiger partial charge on any atom is -0.466 e. The van der Waals surface area contributed by atoms with Crippen LogP contribution in [0.1, 0.15) is 51.5 Å². The molecule has 3 heterocycles. The second-order valence-electron chi connectivity index (χ2n) is 10.5. The van der Waals surface area contributed by atoms with Crippen molar-refractivity contribution in [1.29, 1.82) is 0 Å². The Morgan fingerprint density at radius 3 is 2.65 bits per heavy atom. The molecule has 0 aromatic heterocycles. The van der Waals surface area contributed by atoms with Crippen LogP contribution in [0.4, 0.5) is 0 Å². The Labute approximate surface area is 224 Å². The molecule has 1 aromatic carbocycles. The normalized spacial score (nSPS) is 29.9. The molecule has 3 unspecified atom stereocenters. The molecule has 0 saturated carbocycles. The molecule has 3 aliphatic heterocycles. The van der Waals surface area contributed by atoms with Gasteiger partial charge in [0.2, 0.25) is 11.8 Å². The van der Waals surface area contributed by atoms with Crippen LogP contribution in [0.3, 0.4) is 0 Å². The zero-order valence-corrected chi connectivity index (χ0v) is 22.8. The van der Waals surface area contributed by atoms with Gasteiger partial charge in [-0.05, 0) is 37.7 Å². The van der Waals surface area contributed by atoms with Gasteiger partial charge in [0, 0.05) is 31.5 Å². The number of fused-ring (bicyclic) bond motifs is 1. The standard InChI is InChI=1S/C29H40N2O5S/c1-4-15-30(19-21-13-9-8-10-14-21)27(34)25-29-20(3)18-22(37-29)23(28(35)36-5-2)24(29)26(33)31(25)16-11-6-7-12-17-32/h4,8-10,13-14,20,22-25,32H,1,5-7,11-12,15-19H2,2-3H3/t20?,22-,23+,24+,25?,29?/m1/s1. The van der Waals surface area contributed by atoms with Crippen LogP contribution in [0.15, 0.2) is 43.0 Å². The number of thioether (sulfide) groups is 1. The fraction of sp³-hybridized carbons (Fsp3) is 0.621. The third kappa shape index (κ3) is 5.07. The van der Waals surface area contributed by atoms with Gasteiger partial charge in [-0.2, -0.15) is 0 Å². The lowest BCUT2D eigenvalue weighted by Gasteiger charge is -2.40. The van der Waals surface area contributed by atoms with Crippen molar-refractivity contribution in [3.8, 4) is 0 Å². The van der Waals surface area contributed by atoms with E-state index in [1.807, 2.05) is 30.3 Å². The Balaban J connectivity index is 1.69. The fourth-order valence-electron chi connectivity index (χ4n) is 6.66. The highest BCUT2D eigenvalue weighted by Crippen LogP contribution is 2.68. The summed E-state index contributed by atoms with van der Waals surface area (Å²) in [6.07, 6.45) is 5.76. The quantitative estimate of drug-likeness (QED) is 0.239. The number of aliphatic hydroxyl groups excluding tert-OH is 1. The first-order valence-corrected chi connectivity index (χ1v) is 14.5. The lowest BCUT2D eigenvalue weighted by atomic mass is 9.66. The lowest BCUT2D eigenvalue weighted by Crippen LogP contribution is -2.57. The van der Waals surface area contributed by atoms with Crippen molar-refractivity contribution >= 4 is 29.5 Å². The SMILES string of the molecule is C=CCN(Cc1ccccc1)C(=O)C1N(CCCCCCO)C(=O)[C@@H]2[C@@H](C(=O)OCC)[C@H]3CC(C)C12S3. The highest BCUT2D eigenvalue weighted by atomic mass is 32.2. The Bertz CT molecular complexity index is 988. The number of rotatable bonds is 13. The van der Waals surface area contributed by atoms with E-state index < -0.39 is 22.6 Å². The maximum Gasteiger partial charge on any atom is 0.310 e. The number of hydrogen-bond donors (Lipinski definition) is 1. The maximum absolute atomic E-state index is 14.4. The lowest BCUT2D eigenvalue weighted by molar-refractivity contribution is -0.154. The molecule has 0 aliphatic carbocycles. The number of amides is 2. The van der Waals surface area contributed by atoms with Crippen LogP contribution in [-0.4, -0.2) is 75.0 Å². The molecule has 2 amide bonds. The molecular formula is C29H40N2O5S. The number of esters is 1. The summed E-state index contributed by atoms with van der Waals surface area (Å²) in [5.41, 5.74) is 1.02. The second kappa shape index (κ2) is 12.0. The van der Waals surface area contributed by atoms with Crippen LogP contribution in [-0.2, 0) is 25.7 Å². The summed E-state index contributed by atoms with van der Waals surface area (Å²) >= 11 is 1.68. The predicted molar refractivity (Wildman–Crippen MR) is 145 cm³/mol. The Kier molecular flexibility index (Phi) is 9.01. The van der Waals surface area contributed by atoms with Gasteiger partial charge in [-0.25, -0.2) is 0 Å². The van der Waals surface area contributed by atoms with E-state index in [1.54, 1.807) is 34.6 Å². The Hall–Kier alpha value is -2.32. The summed E-state index contributed by atoms with van der Waals surface area (Å²) in [4.78, 5) is 45.2. The summed E-state index contributed by atoms with van der Waals surface area (Å²) in [6, 6.07) is 9.23. The number of nitrogens with zero attached hydrogens (tertiary/aromatic N) is 2. The molecule has 8 heteroatoms. The molecule has 0 radical (unpaired) electrons. The van der Waals surface area contributed by atoms with E-state index in [2.05, 4.69) is 13.5 Å². The van der Waals surface area contributed by atoms with Gasteiger partial charge in [-0.1, -0.05) is 56.2 Å². The zero-order chi connectivity index (χ0) is 26.6. The highest BCUT2D eigenvalue weighted by molar-refractivity contribution is 8.02. The Morgan fingerprint density at radius 1 is 1.24 bits per heavy atom. The van der Waals surface area contributed by atoms with Gasteiger partial charge in [0.15, 0.2) is 0 Å². The predicted octanol–water partition coefficient (Wildman–Crippen LogP) is 3.65. The monoisotopic (exact) mass is 528 g/mol. The molecule has 2 bridgehead atoms. The summed E-state index contributed by atoms with van der Waals surface area (Å²) in [5.74, 6) is -1.39. The first-order chi connectivity index (χ1) is 17.9.